The first-order valence-electron chi connectivity index (χ1n) is 19.2. The van der Waals surface area contributed by atoms with Gasteiger partial charge >= 0.3 is 0 Å². The number of phenols is 2. The summed E-state index contributed by atoms with van der Waals surface area (Å²) in [5.74, 6) is 0.558. The molecule has 0 unspecified atom stereocenters. The monoisotopic (exact) mass is 714 g/mol. The number of phenolic OH excluding ortho intramolecular Hbond substituents is 2. The Morgan fingerprint density at radius 3 is 1.15 bits per heavy atom. The summed E-state index contributed by atoms with van der Waals surface area (Å²) < 4.78 is 4.40. The van der Waals surface area contributed by atoms with E-state index in [2.05, 4.69) is 182 Å². The number of aromatic hydroxyl groups is 2. The molecule has 54 heavy (non-hydrogen) atoms. The molecule has 2 N–H and O–H groups in total. The predicted molar refractivity (Wildman–Crippen MR) is 225 cm³/mol. The van der Waals surface area contributed by atoms with Crippen LogP contribution in [-0.4, -0.2) is 54.3 Å². The van der Waals surface area contributed by atoms with Crippen molar-refractivity contribution in [1.29, 1.82) is 0 Å². The van der Waals surface area contributed by atoms with Crippen LogP contribution in [0.25, 0.3) is 55.0 Å². The molecule has 8 aromatic rings. The van der Waals surface area contributed by atoms with Gasteiger partial charge in [0, 0.05) is 70.9 Å². The van der Waals surface area contributed by atoms with Gasteiger partial charge in [-0.25, -0.2) is 0 Å². The van der Waals surface area contributed by atoms with Crippen LogP contribution in [0.2, 0.25) is 0 Å². The summed E-state index contributed by atoms with van der Waals surface area (Å²) in [5.41, 5.74) is 9.70. The Balaban J connectivity index is 1.23. The maximum absolute atomic E-state index is 12.2. The lowest BCUT2D eigenvalue weighted by atomic mass is 10.0. The first kappa shape index (κ1) is 35.5. The fraction of sp³-hybridized carbons (Fsp3) is 0.250. The van der Waals surface area contributed by atoms with E-state index in [0.717, 1.165) is 90.3 Å². The second-order valence-electron chi connectivity index (χ2n) is 15.5. The summed E-state index contributed by atoms with van der Waals surface area (Å²) in [4.78, 5) is 4.89. The Hall–Kier alpha value is -5.56. The molecule has 6 nitrogen and oxygen atoms in total. The molecule has 0 aliphatic heterocycles. The van der Waals surface area contributed by atoms with E-state index in [4.69, 9.17) is 0 Å². The van der Waals surface area contributed by atoms with E-state index in [1.807, 2.05) is 0 Å². The molecule has 0 aliphatic rings. The molecular formula is C48H50N4O2. The van der Waals surface area contributed by atoms with E-state index < -0.39 is 0 Å². The zero-order valence-corrected chi connectivity index (χ0v) is 32.2. The van der Waals surface area contributed by atoms with Crippen molar-refractivity contribution in [3.8, 4) is 22.9 Å². The third-order valence-electron chi connectivity index (χ3n) is 11.1. The lowest BCUT2D eigenvalue weighted by Gasteiger charge is -2.33. The Bertz CT molecular complexity index is 2360. The van der Waals surface area contributed by atoms with Crippen LogP contribution in [0.4, 0.5) is 0 Å². The minimum atomic E-state index is 0.279. The standard InChI is InChI=1S/C48H50N4O2/c1-31(2)50(32(3)4)24-23-49(29-35-25-33(5)27-45(47(35)53)51-41-19-11-7-15-37(41)38-16-8-12-20-42(38)51)30-36-26-34(6)28-46(48(36)54)52-43-21-13-9-17-39(43)40-18-10-14-22-44(40)52/h7-22,25-28,31-32,53-54H,23-24,29-30H2,1-6H3. The lowest BCUT2D eigenvalue weighted by molar-refractivity contribution is 0.136. The van der Waals surface area contributed by atoms with Gasteiger partial charge in [0.05, 0.1) is 33.4 Å². The molecule has 8 rings (SSSR count). The van der Waals surface area contributed by atoms with Crippen molar-refractivity contribution in [2.75, 3.05) is 13.1 Å². The predicted octanol–water partition coefficient (Wildman–Crippen LogP) is 11.0. The van der Waals surface area contributed by atoms with Crippen molar-refractivity contribution < 1.29 is 10.2 Å². The maximum Gasteiger partial charge on any atom is 0.144 e. The molecule has 274 valence electrons. The summed E-state index contributed by atoms with van der Waals surface area (Å²) in [7, 11) is 0. The van der Waals surface area contributed by atoms with Gasteiger partial charge in [-0.05, 0) is 89.1 Å². The first-order chi connectivity index (χ1) is 26.1. The molecule has 0 aliphatic carbocycles. The molecule has 2 heterocycles. The van der Waals surface area contributed by atoms with Crippen LogP contribution in [0.5, 0.6) is 11.5 Å². The van der Waals surface area contributed by atoms with Crippen LogP contribution in [0, 0.1) is 13.8 Å². The number of hydrogen-bond acceptors (Lipinski definition) is 4. The summed E-state index contributed by atoms with van der Waals surface area (Å²) in [6.07, 6.45) is 0. The number of hydrogen-bond donors (Lipinski definition) is 2. The van der Waals surface area contributed by atoms with Gasteiger partial charge in [0.2, 0.25) is 0 Å². The van der Waals surface area contributed by atoms with Crippen LogP contribution < -0.4 is 0 Å². The molecule has 6 aromatic carbocycles. The first-order valence-corrected chi connectivity index (χ1v) is 19.2. The molecule has 0 bridgehead atoms. The number of aryl methyl sites for hydroxylation is 2. The number of aromatic nitrogens is 2. The van der Waals surface area contributed by atoms with Crippen LogP contribution in [0.15, 0.2) is 121 Å². The fourth-order valence-corrected chi connectivity index (χ4v) is 8.68. The van der Waals surface area contributed by atoms with Gasteiger partial charge in [-0.15, -0.1) is 0 Å². The van der Waals surface area contributed by atoms with Crippen molar-refractivity contribution in [2.24, 2.45) is 0 Å². The second-order valence-corrected chi connectivity index (χ2v) is 15.5. The van der Waals surface area contributed by atoms with Gasteiger partial charge in [-0.1, -0.05) is 84.9 Å². The number of fused-ring (bicyclic) bond motifs is 6. The Morgan fingerprint density at radius 2 is 0.815 bits per heavy atom. The Kier molecular flexibility index (Phi) is 9.43. The van der Waals surface area contributed by atoms with Gasteiger partial charge in [0.25, 0.3) is 0 Å². The van der Waals surface area contributed by atoms with Crippen LogP contribution >= 0.6 is 0 Å². The molecule has 0 spiro atoms. The largest absolute Gasteiger partial charge is 0.505 e. The van der Waals surface area contributed by atoms with Crippen LogP contribution in [-0.2, 0) is 13.1 Å². The van der Waals surface area contributed by atoms with E-state index in [0.29, 0.717) is 25.2 Å². The highest BCUT2D eigenvalue weighted by atomic mass is 16.3. The molecule has 0 atom stereocenters. The molecule has 0 amide bonds. The minimum absolute atomic E-state index is 0.279. The fourth-order valence-electron chi connectivity index (χ4n) is 8.68. The Morgan fingerprint density at radius 1 is 0.481 bits per heavy atom. The zero-order valence-electron chi connectivity index (χ0n) is 32.2. The molecule has 6 heteroatoms. The highest BCUT2D eigenvalue weighted by Gasteiger charge is 2.23. The number of rotatable bonds is 11. The molecule has 0 saturated heterocycles. The topological polar surface area (TPSA) is 56.8 Å². The van der Waals surface area contributed by atoms with Crippen LogP contribution in [0.1, 0.15) is 49.9 Å². The van der Waals surface area contributed by atoms with Gasteiger partial charge in [0.1, 0.15) is 11.5 Å². The average molecular weight is 715 g/mol. The highest BCUT2D eigenvalue weighted by molar-refractivity contribution is 6.10. The minimum Gasteiger partial charge on any atom is -0.505 e. The van der Waals surface area contributed by atoms with Crippen molar-refractivity contribution in [2.45, 2.75) is 66.7 Å². The molecule has 0 fully saturated rings. The third-order valence-corrected chi connectivity index (χ3v) is 11.1. The van der Waals surface area contributed by atoms with E-state index in [9.17, 15) is 10.2 Å². The summed E-state index contributed by atoms with van der Waals surface area (Å²) in [6, 6.07) is 42.8. The van der Waals surface area contributed by atoms with Crippen molar-refractivity contribution in [3.63, 3.8) is 0 Å². The smallest absolute Gasteiger partial charge is 0.144 e. The van der Waals surface area contributed by atoms with Crippen molar-refractivity contribution in [3.05, 3.63) is 144 Å². The molecule has 0 radical (unpaired) electrons. The summed E-state index contributed by atoms with van der Waals surface area (Å²) >= 11 is 0. The number of benzene rings is 6. The second kappa shape index (κ2) is 14.3. The van der Waals surface area contributed by atoms with E-state index >= 15 is 0 Å². The third kappa shape index (κ3) is 6.29. The van der Waals surface area contributed by atoms with E-state index in [-0.39, 0.29) is 11.5 Å². The van der Waals surface area contributed by atoms with Gasteiger partial charge < -0.3 is 19.3 Å². The van der Waals surface area contributed by atoms with Gasteiger partial charge in [-0.3, -0.25) is 9.80 Å². The molecule has 0 saturated carbocycles. The van der Waals surface area contributed by atoms with Crippen molar-refractivity contribution in [1.82, 2.24) is 18.9 Å². The highest BCUT2D eigenvalue weighted by Crippen LogP contribution is 2.39. The zero-order chi connectivity index (χ0) is 37.7. The number of para-hydroxylation sites is 4. The summed E-state index contributed by atoms with van der Waals surface area (Å²) in [5, 5.41) is 29.1. The summed E-state index contributed by atoms with van der Waals surface area (Å²) in [6.45, 7) is 15.8. The van der Waals surface area contributed by atoms with Crippen molar-refractivity contribution >= 4 is 43.6 Å². The maximum atomic E-state index is 12.2. The van der Waals surface area contributed by atoms with Gasteiger partial charge in [0.15, 0.2) is 0 Å². The lowest BCUT2D eigenvalue weighted by Crippen LogP contribution is -2.42. The SMILES string of the molecule is Cc1cc(CN(CCN(C(C)C)C(C)C)Cc2cc(C)cc(-n3c4ccccc4c4ccccc43)c2O)c(O)c(-n2c3ccccc3c3ccccc32)c1. The Labute approximate surface area is 318 Å². The quantitative estimate of drug-likeness (QED) is 0.140. The van der Waals surface area contributed by atoms with E-state index in [1.165, 1.54) is 0 Å². The van der Waals surface area contributed by atoms with Crippen LogP contribution in [0.3, 0.4) is 0 Å². The normalized spacial score (nSPS) is 12.3. The average Bonchev–Trinajstić information content (AvgIpc) is 3.67. The molecular weight excluding hydrogens is 665 g/mol. The van der Waals surface area contributed by atoms with Gasteiger partial charge in [-0.2, -0.15) is 0 Å². The number of nitrogens with zero attached hydrogens (tertiary/aromatic N) is 4. The molecule has 2 aromatic heterocycles. The van der Waals surface area contributed by atoms with E-state index in [1.54, 1.807) is 0 Å².